The number of aliphatic hydroxyl groups excluding tert-OH is 1. The van der Waals surface area contributed by atoms with E-state index in [0.29, 0.717) is 5.56 Å². The van der Waals surface area contributed by atoms with Crippen LogP contribution < -0.4 is 0 Å². The van der Waals surface area contributed by atoms with Crippen LogP contribution in [0.2, 0.25) is 0 Å². The van der Waals surface area contributed by atoms with Gasteiger partial charge < -0.3 is 14.7 Å². The normalized spacial score (nSPS) is 25.7. The number of esters is 1. The summed E-state index contributed by atoms with van der Waals surface area (Å²) in [4.78, 5) is 36.0. The second-order valence-corrected chi connectivity index (χ2v) is 6.38. The fraction of sp³-hybridized carbons (Fsp3) is 0.412. The number of ether oxygens (including phenoxy) is 1. The molecule has 1 aromatic rings. The molecule has 0 aliphatic carbocycles. The van der Waals surface area contributed by atoms with Crippen LogP contribution in [0.1, 0.15) is 19.4 Å². The maximum atomic E-state index is 12.3. The van der Waals surface area contributed by atoms with Crippen molar-refractivity contribution in [2.24, 2.45) is 11.8 Å². The molecule has 1 amide bonds. The van der Waals surface area contributed by atoms with Crippen molar-refractivity contribution < 1.29 is 24.4 Å². The van der Waals surface area contributed by atoms with Gasteiger partial charge in [-0.2, -0.15) is 0 Å². The van der Waals surface area contributed by atoms with Crippen LogP contribution >= 0.6 is 0 Å². The van der Waals surface area contributed by atoms with Gasteiger partial charge in [-0.25, -0.2) is 4.79 Å². The molecule has 132 valence electrons. The molecule has 2 aliphatic heterocycles. The van der Waals surface area contributed by atoms with E-state index in [0.717, 1.165) is 0 Å². The summed E-state index contributed by atoms with van der Waals surface area (Å²) in [5, 5.41) is 20.3. The van der Waals surface area contributed by atoms with Crippen LogP contribution in [0.25, 0.3) is 0 Å². The molecule has 0 saturated carbocycles. The Hall–Kier alpha value is -2.74. The van der Waals surface area contributed by atoms with Crippen molar-refractivity contribution in [3.63, 3.8) is 0 Å². The number of fused-ring (bicyclic) bond motifs is 1. The van der Waals surface area contributed by atoms with Gasteiger partial charge in [-0.3, -0.25) is 14.9 Å². The summed E-state index contributed by atoms with van der Waals surface area (Å²) in [5.74, 6) is -1.43. The Morgan fingerprint density at radius 2 is 2.04 bits per heavy atom. The monoisotopic (exact) mass is 346 g/mol. The molecule has 8 nitrogen and oxygen atoms in total. The van der Waals surface area contributed by atoms with Gasteiger partial charge in [0.05, 0.1) is 23.0 Å². The van der Waals surface area contributed by atoms with E-state index in [4.69, 9.17) is 4.74 Å². The molecule has 2 aliphatic rings. The minimum Gasteiger partial charge on any atom is -0.456 e. The van der Waals surface area contributed by atoms with Crippen molar-refractivity contribution in [3.05, 3.63) is 51.7 Å². The average molecular weight is 346 g/mol. The number of hydrogen-bond donors (Lipinski definition) is 1. The number of amides is 1. The molecule has 25 heavy (non-hydrogen) atoms. The molecule has 1 aromatic carbocycles. The van der Waals surface area contributed by atoms with Gasteiger partial charge in [0.15, 0.2) is 0 Å². The lowest BCUT2D eigenvalue weighted by atomic mass is 9.79. The number of β-lactam (4-membered cyclic amide) rings is 1. The Morgan fingerprint density at radius 1 is 1.40 bits per heavy atom. The summed E-state index contributed by atoms with van der Waals surface area (Å²) in [6.45, 7) is 3.41. The minimum atomic E-state index is -0.764. The van der Waals surface area contributed by atoms with Crippen molar-refractivity contribution in [3.8, 4) is 0 Å². The first-order valence-corrected chi connectivity index (χ1v) is 7.94. The minimum absolute atomic E-state index is 0.0411. The standard InChI is InChI=1S/C17H18N2O6/c1-9-7-13(18-15(9)14(10(2)20)16(18)21)17(22)25-8-11-3-5-12(6-4-11)19(23)24/h3-7,9-10,14-15,20H,8H2,1-2H3/t9?,10-,14?,15-/m1/s1. The predicted octanol–water partition coefficient (Wildman–Crippen LogP) is 1.38. The molecule has 0 radical (unpaired) electrons. The predicted molar refractivity (Wildman–Crippen MR) is 85.9 cm³/mol. The van der Waals surface area contributed by atoms with E-state index in [1.165, 1.54) is 29.2 Å². The zero-order valence-corrected chi connectivity index (χ0v) is 13.8. The number of carbonyl (C=O) groups is 2. The van der Waals surface area contributed by atoms with Crippen LogP contribution in [0.3, 0.4) is 0 Å². The smallest absolute Gasteiger partial charge is 0.355 e. The Bertz CT molecular complexity index is 755. The molecule has 1 fully saturated rings. The first-order valence-electron chi connectivity index (χ1n) is 7.94. The van der Waals surface area contributed by atoms with Crippen LogP contribution in [0.4, 0.5) is 5.69 Å². The lowest BCUT2D eigenvalue weighted by molar-refractivity contribution is -0.384. The summed E-state index contributed by atoms with van der Waals surface area (Å²) in [6, 6.07) is 5.48. The number of hydrogen-bond acceptors (Lipinski definition) is 6. The van der Waals surface area contributed by atoms with Crippen LogP contribution in [-0.4, -0.2) is 39.0 Å². The maximum Gasteiger partial charge on any atom is 0.355 e. The van der Waals surface area contributed by atoms with Gasteiger partial charge in [-0.15, -0.1) is 0 Å². The largest absolute Gasteiger partial charge is 0.456 e. The lowest BCUT2D eigenvalue weighted by Gasteiger charge is -2.46. The number of rotatable bonds is 5. The number of nitrogens with zero attached hydrogens (tertiary/aromatic N) is 2. The highest BCUT2D eigenvalue weighted by molar-refractivity contribution is 5.99. The Kier molecular flexibility index (Phi) is 4.30. The van der Waals surface area contributed by atoms with Crippen LogP contribution in [0, 0.1) is 22.0 Å². The Balaban J connectivity index is 1.63. The van der Waals surface area contributed by atoms with Crippen molar-refractivity contribution in [2.75, 3.05) is 0 Å². The zero-order valence-electron chi connectivity index (χ0n) is 13.8. The number of nitro benzene ring substituents is 1. The summed E-state index contributed by atoms with van der Waals surface area (Å²) in [6.07, 6.45) is 0.920. The van der Waals surface area contributed by atoms with Crippen LogP contribution in [0.5, 0.6) is 0 Å². The number of benzene rings is 1. The van der Waals surface area contributed by atoms with Gasteiger partial charge in [-0.05, 0) is 36.6 Å². The number of aliphatic hydroxyl groups is 1. The molecule has 3 rings (SSSR count). The molecule has 8 heteroatoms. The highest BCUT2D eigenvalue weighted by Crippen LogP contribution is 2.43. The van der Waals surface area contributed by atoms with Crippen LogP contribution in [0.15, 0.2) is 36.0 Å². The highest BCUT2D eigenvalue weighted by Gasteiger charge is 2.57. The fourth-order valence-electron chi connectivity index (χ4n) is 3.40. The van der Waals surface area contributed by atoms with Crippen molar-refractivity contribution >= 4 is 17.6 Å². The van der Waals surface area contributed by atoms with E-state index in [2.05, 4.69) is 0 Å². The maximum absolute atomic E-state index is 12.3. The van der Waals surface area contributed by atoms with E-state index in [1.54, 1.807) is 13.0 Å². The van der Waals surface area contributed by atoms with E-state index in [9.17, 15) is 24.8 Å². The third kappa shape index (κ3) is 2.89. The molecule has 1 saturated heterocycles. The van der Waals surface area contributed by atoms with Crippen LogP contribution in [-0.2, 0) is 20.9 Å². The molecule has 1 N–H and O–H groups in total. The van der Waals surface area contributed by atoms with E-state index >= 15 is 0 Å². The third-order valence-corrected chi connectivity index (χ3v) is 4.65. The molecule has 0 spiro atoms. The molecular weight excluding hydrogens is 328 g/mol. The van der Waals surface area contributed by atoms with E-state index in [-0.39, 0.29) is 35.9 Å². The summed E-state index contributed by atoms with van der Waals surface area (Å²) in [5.41, 5.74) is 0.765. The lowest BCUT2D eigenvalue weighted by Crippen LogP contribution is -2.63. The summed E-state index contributed by atoms with van der Waals surface area (Å²) in [7, 11) is 0. The topological polar surface area (TPSA) is 110 Å². The van der Waals surface area contributed by atoms with Crippen molar-refractivity contribution in [1.82, 2.24) is 4.90 Å². The van der Waals surface area contributed by atoms with Gasteiger partial charge in [0.2, 0.25) is 5.91 Å². The Morgan fingerprint density at radius 3 is 2.60 bits per heavy atom. The second kappa shape index (κ2) is 6.29. The van der Waals surface area contributed by atoms with Crippen molar-refractivity contribution in [2.45, 2.75) is 32.6 Å². The molecule has 0 bridgehead atoms. The van der Waals surface area contributed by atoms with Gasteiger partial charge in [0.25, 0.3) is 5.69 Å². The number of carbonyl (C=O) groups excluding carboxylic acids is 2. The van der Waals surface area contributed by atoms with E-state index in [1.807, 2.05) is 6.92 Å². The molecule has 2 heterocycles. The quantitative estimate of drug-likeness (QED) is 0.373. The average Bonchev–Trinajstić information content (AvgIpc) is 2.85. The molecule has 4 atom stereocenters. The molecule has 2 unspecified atom stereocenters. The molecule has 0 aromatic heterocycles. The van der Waals surface area contributed by atoms with Crippen molar-refractivity contribution in [1.29, 1.82) is 0 Å². The van der Waals surface area contributed by atoms with E-state index < -0.39 is 22.9 Å². The summed E-state index contributed by atoms with van der Waals surface area (Å²) >= 11 is 0. The first-order chi connectivity index (χ1) is 11.8. The van der Waals surface area contributed by atoms with Gasteiger partial charge in [0.1, 0.15) is 12.3 Å². The first kappa shape index (κ1) is 17.1. The van der Waals surface area contributed by atoms with Gasteiger partial charge in [-0.1, -0.05) is 6.92 Å². The Labute approximate surface area is 143 Å². The number of nitro groups is 1. The fourth-order valence-corrected chi connectivity index (χ4v) is 3.40. The van der Waals surface area contributed by atoms with Gasteiger partial charge in [0, 0.05) is 12.1 Å². The number of non-ortho nitro benzene ring substituents is 1. The highest BCUT2D eigenvalue weighted by atomic mass is 16.6. The SMILES string of the molecule is CC1C=C(C(=O)OCc2ccc([N+](=O)[O-])cc2)N2C(=O)C([C@@H](C)O)[C@@H]12. The third-order valence-electron chi connectivity index (χ3n) is 4.65. The second-order valence-electron chi connectivity index (χ2n) is 6.38. The zero-order chi connectivity index (χ0) is 18.3. The van der Waals surface area contributed by atoms with Gasteiger partial charge >= 0.3 is 5.97 Å². The summed E-state index contributed by atoms with van der Waals surface area (Å²) < 4.78 is 5.22. The molecular formula is C17H18N2O6.